The van der Waals surface area contributed by atoms with E-state index in [-0.39, 0.29) is 17.9 Å². The maximum atomic E-state index is 12.3. The molecular formula is C15H24N2O3S. The van der Waals surface area contributed by atoms with Gasteiger partial charge in [0.15, 0.2) is 0 Å². The van der Waals surface area contributed by atoms with E-state index in [0.717, 1.165) is 10.6 Å². The van der Waals surface area contributed by atoms with Gasteiger partial charge in [-0.3, -0.25) is 9.10 Å². The lowest BCUT2D eigenvalue weighted by atomic mass is 10.1. The quantitative estimate of drug-likeness (QED) is 0.873. The molecule has 0 saturated heterocycles. The van der Waals surface area contributed by atoms with Crippen LogP contribution in [0.4, 0.5) is 5.69 Å². The molecule has 1 amide bonds. The summed E-state index contributed by atoms with van der Waals surface area (Å²) >= 11 is 0. The summed E-state index contributed by atoms with van der Waals surface area (Å²) in [5, 5.41) is 2.86. The van der Waals surface area contributed by atoms with Crippen LogP contribution in [-0.4, -0.2) is 32.7 Å². The zero-order valence-corrected chi connectivity index (χ0v) is 14.0. The van der Waals surface area contributed by atoms with E-state index < -0.39 is 16.1 Å². The molecule has 1 aromatic carbocycles. The average Bonchev–Trinajstić information content (AvgIpc) is 2.38. The Bertz CT molecular complexity index is 570. The number of benzene rings is 1. The Hall–Kier alpha value is -1.56. The van der Waals surface area contributed by atoms with Crippen molar-refractivity contribution in [1.82, 2.24) is 5.32 Å². The fraction of sp³-hybridized carbons (Fsp3) is 0.533. The molecule has 118 valence electrons. The van der Waals surface area contributed by atoms with Gasteiger partial charge in [0.2, 0.25) is 15.9 Å². The van der Waals surface area contributed by atoms with E-state index in [2.05, 4.69) is 5.32 Å². The van der Waals surface area contributed by atoms with Gasteiger partial charge in [-0.15, -0.1) is 0 Å². The second-order valence-corrected chi connectivity index (χ2v) is 7.47. The SMILES string of the molecule is CC(C)[C@@H](C)NC(=O)[C@H](C)N(c1ccccc1)S(C)(=O)=O. The summed E-state index contributed by atoms with van der Waals surface area (Å²) in [5.74, 6) is -0.0185. The number of anilines is 1. The number of amides is 1. The average molecular weight is 312 g/mol. The molecule has 6 heteroatoms. The van der Waals surface area contributed by atoms with Crippen molar-refractivity contribution in [3.05, 3.63) is 30.3 Å². The molecule has 2 atom stereocenters. The summed E-state index contributed by atoms with van der Waals surface area (Å²) in [6, 6.07) is 7.83. The highest BCUT2D eigenvalue weighted by Crippen LogP contribution is 2.20. The van der Waals surface area contributed by atoms with Gasteiger partial charge < -0.3 is 5.32 Å². The molecule has 0 aromatic heterocycles. The third kappa shape index (κ3) is 4.74. The Balaban J connectivity index is 3.03. The topological polar surface area (TPSA) is 66.5 Å². The molecule has 0 saturated carbocycles. The molecule has 0 unspecified atom stereocenters. The second kappa shape index (κ2) is 6.93. The summed E-state index contributed by atoms with van der Waals surface area (Å²) in [7, 11) is -3.55. The Kier molecular flexibility index (Phi) is 5.78. The van der Waals surface area contributed by atoms with Crippen LogP contribution in [0.3, 0.4) is 0 Å². The first-order valence-electron chi connectivity index (χ1n) is 6.99. The summed E-state index contributed by atoms with van der Waals surface area (Å²) in [4.78, 5) is 12.3. The summed E-state index contributed by atoms with van der Waals surface area (Å²) in [6.45, 7) is 7.50. The monoisotopic (exact) mass is 312 g/mol. The third-order valence-electron chi connectivity index (χ3n) is 3.47. The van der Waals surface area contributed by atoms with Gasteiger partial charge in [0.25, 0.3) is 0 Å². The number of carbonyl (C=O) groups is 1. The first-order valence-corrected chi connectivity index (χ1v) is 8.84. The van der Waals surface area contributed by atoms with Crippen molar-refractivity contribution in [2.24, 2.45) is 5.92 Å². The standard InChI is InChI=1S/C15H24N2O3S/c1-11(2)12(3)16-15(18)13(4)17(21(5,19)20)14-9-7-6-8-10-14/h6-13H,1-5H3,(H,16,18)/t12-,13+/m1/s1. The van der Waals surface area contributed by atoms with Crippen molar-refractivity contribution >= 4 is 21.6 Å². The van der Waals surface area contributed by atoms with Crippen molar-refractivity contribution in [3.8, 4) is 0 Å². The van der Waals surface area contributed by atoms with Crippen molar-refractivity contribution in [2.75, 3.05) is 10.6 Å². The molecule has 0 heterocycles. The highest BCUT2D eigenvalue weighted by molar-refractivity contribution is 7.92. The van der Waals surface area contributed by atoms with E-state index in [9.17, 15) is 13.2 Å². The number of carbonyl (C=O) groups excluding carboxylic acids is 1. The molecule has 21 heavy (non-hydrogen) atoms. The van der Waals surface area contributed by atoms with Gasteiger partial charge in [-0.1, -0.05) is 32.0 Å². The minimum absolute atomic E-state index is 0.0165. The molecular weight excluding hydrogens is 288 g/mol. The molecule has 1 rings (SSSR count). The predicted molar refractivity (Wildman–Crippen MR) is 85.7 cm³/mol. The molecule has 0 aliphatic rings. The molecule has 0 aliphatic heterocycles. The molecule has 0 fully saturated rings. The van der Waals surface area contributed by atoms with Crippen molar-refractivity contribution in [3.63, 3.8) is 0 Å². The van der Waals surface area contributed by atoms with E-state index in [1.165, 1.54) is 0 Å². The van der Waals surface area contributed by atoms with Gasteiger partial charge in [0.05, 0.1) is 11.9 Å². The summed E-state index contributed by atoms with van der Waals surface area (Å²) in [5.41, 5.74) is 0.486. The largest absolute Gasteiger partial charge is 0.352 e. The zero-order chi connectivity index (χ0) is 16.2. The van der Waals surface area contributed by atoms with Gasteiger partial charge in [-0.25, -0.2) is 8.42 Å². The number of sulfonamides is 1. The van der Waals surface area contributed by atoms with Gasteiger partial charge in [0, 0.05) is 6.04 Å². The third-order valence-corrected chi connectivity index (χ3v) is 4.71. The first-order chi connectivity index (χ1) is 9.64. The number of hydrogen-bond donors (Lipinski definition) is 1. The Labute approximate surface area is 127 Å². The Morgan fingerprint density at radius 1 is 1.10 bits per heavy atom. The molecule has 0 spiro atoms. The van der Waals surface area contributed by atoms with Crippen LogP contribution in [0.1, 0.15) is 27.7 Å². The maximum Gasteiger partial charge on any atom is 0.243 e. The number of rotatable bonds is 6. The maximum absolute atomic E-state index is 12.3. The van der Waals surface area contributed by atoms with E-state index in [0.29, 0.717) is 5.69 Å². The number of nitrogens with one attached hydrogen (secondary N) is 1. The lowest BCUT2D eigenvalue weighted by Crippen LogP contribution is -2.50. The number of para-hydroxylation sites is 1. The molecule has 1 aromatic rings. The molecule has 1 N–H and O–H groups in total. The lowest BCUT2D eigenvalue weighted by molar-refractivity contribution is -0.122. The van der Waals surface area contributed by atoms with Crippen LogP contribution in [0.25, 0.3) is 0 Å². The number of hydrogen-bond acceptors (Lipinski definition) is 3. The molecule has 0 bridgehead atoms. The highest BCUT2D eigenvalue weighted by Gasteiger charge is 2.29. The first kappa shape index (κ1) is 17.5. The van der Waals surface area contributed by atoms with Crippen LogP contribution >= 0.6 is 0 Å². The van der Waals surface area contributed by atoms with Gasteiger partial charge in [-0.05, 0) is 31.9 Å². The highest BCUT2D eigenvalue weighted by atomic mass is 32.2. The smallest absolute Gasteiger partial charge is 0.243 e. The Morgan fingerprint density at radius 3 is 2.05 bits per heavy atom. The van der Waals surface area contributed by atoms with Gasteiger partial charge >= 0.3 is 0 Å². The van der Waals surface area contributed by atoms with E-state index in [4.69, 9.17) is 0 Å². The van der Waals surface area contributed by atoms with Gasteiger partial charge in [0.1, 0.15) is 6.04 Å². The minimum atomic E-state index is -3.55. The molecule has 0 radical (unpaired) electrons. The van der Waals surface area contributed by atoms with E-state index in [1.807, 2.05) is 20.8 Å². The molecule has 0 aliphatic carbocycles. The Morgan fingerprint density at radius 2 is 1.62 bits per heavy atom. The molecule has 5 nitrogen and oxygen atoms in total. The van der Waals surface area contributed by atoms with Crippen LogP contribution in [0.5, 0.6) is 0 Å². The van der Waals surface area contributed by atoms with E-state index in [1.54, 1.807) is 37.3 Å². The zero-order valence-electron chi connectivity index (χ0n) is 13.2. The van der Waals surface area contributed by atoms with Crippen LogP contribution < -0.4 is 9.62 Å². The fourth-order valence-corrected chi connectivity index (χ4v) is 3.07. The van der Waals surface area contributed by atoms with Crippen LogP contribution in [-0.2, 0) is 14.8 Å². The second-order valence-electron chi connectivity index (χ2n) is 5.61. The minimum Gasteiger partial charge on any atom is -0.352 e. The summed E-state index contributed by atoms with van der Waals surface area (Å²) < 4.78 is 25.2. The lowest BCUT2D eigenvalue weighted by Gasteiger charge is -2.29. The normalized spacial score (nSPS) is 14.6. The van der Waals surface area contributed by atoms with Crippen LogP contribution in [0.2, 0.25) is 0 Å². The van der Waals surface area contributed by atoms with Crippen molar-refractivity contribution in [2.45, 2.75) is 39.8 Å². The van der Waals surface area contributed by atoms with Crippen molar-refractivity contribution in [1.29, 1.82) is 0 Å². The summed E-state index contributed by atoms with van der Waals surface area (Å²) in [6.07, 6.45) is 1.11. The van der Waals surface area contributed by atoms with Crippen LogP contribution in [0, 0.1) is 5.92 Å². The van der Waals surface area contributed by atoms with Gasteiger partial charge in [-0.2, -0.15) is 0 Å². The number of nitrogens with zero attached hydrogens (tertiary/aromatic N) is 1. The predicted octanol–water partition coefficient (Wildman–Crippen LogP) is 2.00. The van der Waals surface area contributed by atoms with E-state index >= 15 is 0 Å². The fourth-order valence-electron chi connectivity index (χ4n) is 1.90. The van der Waals surface area contributed by atoms with Crippen LogP contribution in [0.15, 0.2) is 30.3 Å². The van der Waals surface area contributed by atoms with Crippen molar-refractivity contribution < 1.29 is 13.2 Å².